The fraction of sp³-hybridized carbons (Fsp3) is 0.632. The van der Waals surface area contributed by atoms with Crippen molar-refractivity contribution >= 4 is 29.9 Å². The normalized spacial score (nSPS) is 23.0. The van der Waals surface area contributed by atoms with Crippen LogP contribution in [0.5, 0.6) is 5.75 Å². The number of hydrogen-bond donors (Lipinski definition) is 1. The van der Waals surface area contributed by atoms with Crippen LogP contribution in [-0.2, 0) is 11.3 Å². The molecular formula is C19H30IN3O2. The monoisotopic (exact) mass is 459 g/mol. The molecule has 2 saturated heterocycles. The molecule has 1 atom stereocenters. The fourth-order valence-corrected chi connectivity index (χ4v) is 3.60. The average molecular weight is 459 g/mol. The summed E-state index contributed by atoms with van der Waals surface area (Å²) >= 11 is 0. The van der Waals surface area contributed by atoms with Crippen molar-refractivity contribution in [2.45, 2.75) is 33.2 Å². The summed E-state index contributed by atoms with van der Waals surface area (Å²) in [5.74, 6) is 1.94. The van der Waals surface area contributed by atoms with Crippen molar-refractivity contribution in [3.63, 3.8) is 0 Å². The van der Waals surface area contributed by atoms with Gasteiger partial charge in [-0.15, -0.1) is 24.0 Å². The first kappa shape index (κ1) is 20.3. The van der Waals surface area contributed by atoms with Crippen molar-refractivity contribution in [2.75, 3.05) is 39.5 Å². The number of guanidine groups is 1. The Kier molecular flexibility index (Phi) is 7.81. The second-order valence-electron chi connectivity index (χ2n) is 6.69. The zero-order valence-electron chi connectivity index (χ0n) is 15.3. The van der Waals surface area contributed by atoms with Crippen LogP contribution in [0, 0.1) is 5.41 Å². The Bertz CT molecular complexity index is 574. The number of rotatable bonds is 5. The van der Waals surface area contributed by atoms with Gasteiger partial charge in [-0.2, -0.15) is 0 Å². The number of likely N-dealkylation sites (tertiary alicyclic amines) is 1. The summed E-state index contributed by atoms with van der Waals surface area (Å²) in [7, 11) is 0. The molecule has 1 spiro atoms. The van der Waals surface area contributed by atoms with Gasteiger partial charge in [0.05, 0.1) is 19.8 Å². The average Bonchev–Trinajstić information content (AvgIpc) is 3.23. The molecule has 1 aromatic carbocycles. The molecule has 2 aliphatic heterocycles. The van der Waals surface area contributed by atoms with Gasteiger partial charge in [0.15, 0.2) is 5.96 Å². The van der Waals surface area contributed by atoms with E-state index >= 15 is 0 Å². The molecule has 0 saturated carbocycles. The molecule has 1 aromatic rings. The molecule has 1 N–H and O–H groups in total. The number of ether oxygens (including phenoxy) is 2. The van der Waals surface area contributed by atoms with E-state index < -0.39 is 0 Å². The number of halogens is 1. The highest BCUT2D eigenvalue weighted by Gasteiger charge is 2.42. The van der Waals surface area contributed by atoms with E-state index in [2.05, 4.69) is 23.2 Å². The van der Waals surface area contributed by atoms with E-state index in [9.17, 15) is 0 Å². The van der Waals surface area contributed by atoms with E-state index in [1.807, 2.05) is 25.1 Å². The van der Waals surface area contributed by atoms with Crippen molar-refractivity contribution in [3.8, 4) is 5.75 Å². The Morgan fingerprint density at radius 1 is 1.32 bits per heavy atom. The van der Waals surface area contributed by atoms with Crippen LogP contribution in [0.1, 0.15) is 32.3 Å². The van der Waals surface area contributed by atoms with E-state index in [1.165, 1.54) is 12.8 Å². The second kappa shape index (κ2) is 9.62. The molecule has 25 heavy (non-hydrogen) atoms. The van der Waals surface area contributed by atoms with Crippen molar-refractivity contribution in [1.29, 1.82) is 0 Å². The quantitative estimate of drug-likeness (QED) is 0.417. The maximum Gasteiger partial charge on any atom is 0.194 e. The molecule has 0 aliphatic carbocycles. The minimum Gasteiger partial charge on any atom is -0.494 e. The third kappa shape index (κ3) is 5.00. The topological polar surface area (TPSA) is 46.1 Å². The van der Waals surface area contributed by atoms with Gasteiger partial charge in [0, 0.05) is 37.2 Å². The molecule has 1 unspecified atom stereocenters. The Morgan fingerprint density at radius 2 is 2.16 bits per heavy atom. The number of para-hydroxylation sites is 1. The summed E-state index contributed by atoms with van der Waals surface area (Å²) in [6.45, 7) is 10.2. The molecule has 0 bridgehead atoms. The number of nitrogens with one attached hydrogen (secondary N) is 1. The van der Waals surface area contributed by atoms with Crippen LogP contribution in [0.4, 0.5) is 0 Å². The highest BCUT2D eigenvalue weighted by Crippen LogP contribution is 2.38. The van der Waals surface area contributed by atoms with E-state index in [0.717, 1.165) is 50.1 Å². The smallest absolute Gasteiger partial charge is 0.194 e. The molecule has 5 nitrogen and oxygen atoms in total. The van der Waals surface area contributed by atoms with Gasteiger partial charge in [-0.3, -0.25) is 0 Å². The van der Waals surface area contributed by atoms with Crippen LogP contribution >= 0.6 is 24.0 Å². The maximum absolute atomic E-state index is 5.71. The first-order valence-corrected chi connectivity index (χ1v) is 9.08. The predicted molar refractivity (Wildman–Crippen MR) is 112 cm³/mol. The fourth-order valence-electron chi connectivity index (χ4n) is 3.60. The van der Waals surface area contributed by atoms with Crippen molar-refractivity contribution < 1.29 is 9.47 Å². The number of hydrogen-bond acceptors (Lipinski definition) is 3. The van der Waals surface area contributed by atoms with Crippen LogP contribution in [0.3, 0.4) is 0 Å². The molecule has 140 valence electrons. The minimum atomic E-state index is 0. The van der Waals surface area contributed by atoms with Crippen molar-refractivity contribution in [3.05, 3.63) is 29.8 Å². The number of aliphatic imine (C=N–C) groups is 1. The molecule has 0 amide bonds. The van der Waals surface area contributed by atoms with E-state index in [0.29, 0.717) is 18.6 Å². The summed E-state index contributed by atoms with van der Waals surface area (Å²) in [6, 6.07) is 8.16. The predicted octanol–water partition coefficient (Wildman–Crippen LogP) is 3.28. The highest BCUT2D eigenvalue weighted by molar-refractivity contribution is 14.0. The summed E-state index contributed by atoms with van der Waals surface area (Å²) in [5, 5.41) is 3.45. The zero-order valence-corrected chi connectivity index (χ0v) is 17.6. The van der Waals surface area contributed by atoms with Crippen LogP contribution in [0.2, 0.25) is 0 Å². The van der Waals surface area contributed by atoms with Gasteiger partial charge in [0.1, 0.15) is 5.75 Å². The molecule has 2 heterocycles. The van der Waals surface area contributed by atoms with Gasteiger partial charge in [-0.05, 0) is 32.8 Å². The van der Waals surface area contributed by atoms with Crippen LogP contribution in [0.25, 0.3) is 0 Å². The number of nitrogens with zero attached hydrogens (tertiary/aromatic N) is 2. The third-order valence-corrected chi connectivity index (χ3v) is 4.93. The molecule has 2 aliphatic rings. The lowest BCUT2D eigenvalue weighted by atomic mass is 9.87. The van der Waals surface area contributed by atoms with Gasteiger partial charge in [-0.25, -0.2) is 4.99 Å². The zero-order chi connectivity index (χ0) is 16.8. The maximum atomic E-state index is 5.71. The Balaban J connectivity index is 0.00000225. The Labute approximate surface area is 168 Å². The molecule has 2 fully saturated rings. The third-order valence-electron chi connectivity index (χ3n) is 4.93. The first-order valence-electron chi connectivity index (χ1n) is 9.08. The summed E-state index contributed by atoms with van der Waals surface area (Å²) in [6.07, 6.45) is 2.38. The lowest BCUT2D eigenvalue weighted by Gasteiger charge is -2.25. The van der Waals surface area contributed by atoms with Gasteiger partial charge in [-0.1, -0.05) is 18.2 Å². The minimum absolute atomic E-state index is 0. The van der Waals surface area contributed by atoms with E-state index in [4.69, 9.17) is 14.5 Å². The van der Waals surface area contributed by atoms with Crippen LogP contribution < -0.4 is 10.1 Å². The molecule has 0 radical (unpaired) electrons. The van der Waals surface area contributed by atoms with E-state index in [-0.39, 0.29) is 24.0 Å². The van der Waals surface area contributed by atoms with Crippen molar-refractivity contribution in [2.24, 2.45) is 10.4 Å². The summed E-state index contributed by atoms with van der Waals surface area (Å²) in [4.78, 5) is 7.26. The van der Waals surface area contributed by atoms with Gasteiger partial charge in [0.2, 0.25) is 0 Å². The molecule has 6 heteroatoms. The molecule has 0 aromatic heterocycles. The standard InChI is InChI=1S/C19H29N3O2.HI/c1-3-20-18(22-11-9-19(14-22)10-12-23-15-19)21-13-16-7-5-6-8-17(16)24-4-2;/h5-8H,3-4,9-15H2,1-2H3,(H,20,21);1H. The number of benzene rings is 1. The Hall–Kier alpha value is -1.02. The molecular weight excluding hydrogens is 429 g/mol. The van der Waals surface area contributed by atoms with Crippen LogP contribution in [-0.4, -0.2) is 50.3 Å². The van der Waals surface area contributed by atoms with Gasteiger partial charge in [0.25, 0.3) is 0 Å². The highest BCUT2D eigenvalue weighted by atomic mass is 127. The van der Waals surface area contributed by atoms with Gasteiger partial charge >= 0.3 is 0 Å². The van der Waals surface area contributed by atoms with Crippen LogP contribution in [0.15, 0.2) is 29.3 Å². The lowest BCUT2D eigenvalue weighted by molar-refractivity contribution is 0.156. The SMILES string of the molecule is CCNC(=NCc1ccccc1OCC)N1CCC2(CCOC2)C1.I. The first-order chi connectivity index (χ1) is 11.8. The van der Waals surface area contributed by atoms with Crippen molar-refractivity contribution in [1.82, 2.24) is 10.2 Å². The summed E-state index contributed by atoms with van der Waals surface area (Å²) < 4.78 is 11.3. The molecule has 3 rings (SSSR count). The van der Waals surface area contributed by atoms with E-state index in [1.54, 1.807) is 0 Å². The Morgan fingerprint density at radius 3 is 2.88 bits per heavy atom. The van der Waals surface area contributed by atoms with Gasteiger partial charge < -0.3 is 19.7 Å². The largest absolute Gasteiger partial charge is 0.494 e. The lowest BCUT2D eigenvalue weighted by Crippen LogP contribution is -2.41. The summed E-state index contributed by atoms with van der Waals surface area (Å²) in [5.41, 5.74) is 1.48. The second-order valence-corrected chi connectivity index (χ2v) is 6.69.